The van der Waals surface area contributed by atoms with Gasteiger partial charge in [-0.05, 0) is 38.0 Å². The summed E-state index contributed by atoms with van der Waals surface area (Å²) in [5.41, 5.74) is 1.11. The molecule has 1 unspecified atom stereocenters. The number of fused-ring (bicyclic) bond motifs is 1. The standard InChI is InChI=1S/C26H23F3N6O4S/c1-14-10-20(26(27,28)29)31-34(14)12-21(36)33-8-6-15(7-9-33)23-30-19(13-40-23)18-11-22(39-32-18)35-24(37)16-4-2-3-5-17(16)25(35)38/h2-5,10,13,15,22H,6-9,11-12H2,1H3. The highest BCUT2D eigenvalue weighted by Crippen LogP contribution is 2.33. The highest BCUT2D eigenvalue weighted by Gasteiger charge is 2.43. The van der Waals surface area contributed by atoms with Crippen LogP contribution in [0.4, 0.5) is 13.2 Å². The fourth-order valence-corrected chi connectivity index (χ4v) is 6.14. The van der Waals surface area contributed by atoms with Crippen molar-refractivity contribution < 1.29 is 32.4 Å². The third-order valence-corrected chi connectivity index (χ3v) is 8.34. The molecule has 3 amide bonds. The summed E-state index contributed by atoms with van der Waals surface area (Å²) >= 11 is 1.47. The molecule has 208 valence electrons. The lowest BCUT2D eigenvalue weighted by atomic mass is 9.97. The predicted octanol–water partition coefficient (Wildman–Crippen LogP) is 3.82. The van der Waals surface area contributed by atoms with Crippen LogP contribution in [-0.2, 0) is 22.4 Å². The molecule has 1 fully saturated rings. The van der Waals surface area contributed by atoms with Crippen LogP contribution in [0.1, 0.15) is 68.0 Å². The minimum absolute atomic E-state index is 0.112. The summed E-state index contributed by atoms with van der Waals surface area (Å²) in [6, 6.07) is 7.56. The summed E-state index contributed by atoms with van der Waals surface area (Å²) < 4.78 is 39.9. The maximum atomic E-state index is 12.9. The Morgan fingerprint density at radius 2 is 1.80 bits per heavy atom. The Morgan fingerprint density at radius 1 is 1.12 bits per heavy atom. The van der Waals surface area contributed by atoms with Crippen molar-refractivity contribution in [3.63, 3.8) is 0 Å². The number of oxime groups is 1. The predicted molar refractivity (Wildman–Crippen MR) is 136 cm³/mol. The van der Waals surface area contributed by atoms with Gasteiger partial charge in [-0.1, -0.05) is 17.3 Å². The zero-order valence-electron chi connectivity index (χ0n) is 21.2. The Kier molecular flexibility index (Phi) is 6.44. The number of aromatic nitrogens is 3. The van der Waals surface area contributed by atoms with Crippen LogP contribution in [0.2, 0.25) is 0 Å². The number of carbonyl (C=O) groups is 3. The molecule has 2 aromatic heterocycles. The van der Waals surface area contributed by atoms with Crippen LogP contribution in [-0.4, -0.2) is 67.3 Å². The summed E-state index contributed by atoms with van der Waals surface area (Å²) in [5.74, 6) is -0.993. The summed E-state index contributed by atoms with van der Waals surface area (Å²) in [7, 11) is 0. The molecule has 1 atom stereocenters. The Balaban J connectivity index is 1.04. The van der Waals surface area contributed by atoms with Gasteiger partial charge in [-0.2, -0.15) is 18.3 Å². The van der Waals surface area contributed by atoms with Crippen LogP contribution in [0, 0.1) is 6.92 Å². The van der Waals surface area contributed by atoms with Crippen molar-refractivity contribution in [3.05, 3.63) is 68.9 Å². The second kappa shape index (κ2) is 9.84. The number of piperidine rings is 1. The first-order valence-electron chi connectivity index (χ1n) is 12.6. The van der Waals surface area contributed by atoms with Gasteiger partial charge in [0.25, 0.3) is 11.8 Å². The quantitative estimate of drug-likeness (QED) is 0.430. The molecule has 3 aromatic rings. The van der Waals surface area contributed by atoms with E-state index in [-0.39, 0.29) is 30.5 Å². The number of likely N-dealkylation sites (tertiary alicyclic amines) is 1. The topological polar surface area (TPSA) is 110 Å². The smallest absolute Gasteiger partial charge is 0.369 e. The number of imide groups is 1. The number of hydrogen-bond donors (Lipinski definition) is 0. The van der Waals surface area contributed by atoms with Gasteiger partial charge in [0.1, 0.15) is 12.3 Å². The van der Waals surface area contributed by atoms with Gasteiger partial charge < -0.3 is 9.74 Å². The van der Waals surface area contributed by atoms with E-state index in [1.807, 2.05) is 5.38 Å². The second-order valence-corrected chi connectivity index (χ2v) is 10.8. The first kappa shape index (κ1) is 26.2. The zero-order chi connectivity index (χ0) is 28.2. The molecule has 0 saturated carbocycles. The molecule has 0 bridgehead atoms. The van der Waals surface area contributed by atoms with Gasteiger partial charge in [0.15, 0.2) is 5.69 Å². The van der Waals surface area contributed by atoms with Crippen molar-refractivity contribution in [3.8, 4) is 0 Å². The van der Waals surface area contributed by atoms with E-state index >= 15 is 0 Å². The summed E-state index contributed by atoms with van der Waals surface area (Å²) in [5, 5.41) is 10.4. The van der Waals surface area contributed by atoms with E-state index in [0.717, 1.165) is 20.7 Å². The molecule has 0 N–H and O–H groups in total. The van der Waals surface area contributed by atoms with Gasteiger partial charge in [0, 0.05) is 30.1 Å². The number of alkyl halides is 3. The molecule has 0 aliphatic carbocycles. The van der Waals surface area contributed by atoms with Crippen LogP contribution in [0.15, 0.2) is 40.9 Å². The van der Waals surface area contributed by atoms with E-state index in [1.165, 1.54) is 18.3 Å². The summed E-state index contributed by atoms with van der Waals surface area (Å²) in [4.78, 5) is 51.2. The van der Waals surface area contributed by atoms with E-state index in [1.54, 1.807) is 29.2 Å². The number of thiazole rings is 1. The largest absolute Gasteiger partial charge is 0.435 e. The molecular formula is C26H23F3N6O4S. The van der Waals surface area contributed by atoms with Crippen molar-refractivity contribution >= 4 is 34.8 Å². The normalized spacial score (nSPS) is 19.7. The Labute approximate surface area is 230 Å². The molecule has 1 aromatic carbocycles. The highest BCUT2D eigenvalue weighted by molar-refractivity contribution is 7.10. The van der Waals surface area contributed by atoms with Crippen molar-refractivity contribution in [2.75, 3.05) is 13.1 Å². The van der Waals surface area contributed by atoms with Gasteiger partial charge in [0.2, 0.25) is 12.1 Å². The number of halogens is 3. The Bertz CT molecular complexity index is 1500. The van der Waals surface area contributed by atoms with E-state index in [2.05, 4.69) is 10.3 Å². The molecule has 3 aliphatic heterocycles. The van der Waals surface area contributed by atoms with E-state index < -0.39 is 29.9 Å². The van der Waals surface area contributed by atoms with Gasteiger partial charge in [0.05, 0.1) is 28.2 Å². The van der Waals surface area contributed by atoms with Crippen molar-refractivity contribution in [1.82, 2.24) is 24.6 Å². The van der Waals surface area contributed by atoms with E-state index in [4.69, 9.17) is 9.82 Å². The maximum Gasteiger partial charge on any atom is 0.435 e. The summed E-state index contributed by atoms with van der Waals surface area (Å²) in [6.07, 6.45) is -3.86. The minimum Gasteiger partial charge on any atom is -0.369 e. The summed E-state index contributed by atoms with van der Waals surface area (Å²) in [6.45, 7) is 2.15. The molecular weight excluding hydrogens is 549 g/mol. The van der Waals surface area contributed by atoms with Crippen LogP contribution in [0.3, 0.4) is 0 Å². The average Bonchev–Trinajstić information content (AvgIpc) is 3.72. The van der Waals surface area contributed by atoms with Gasteiger partial charge in [-0.25, -0.2) is 9.88 Å². The number of aryl methyl sites for hydroxylation is 1. The third kappa shape index (κ3) is 4.65. The molecule has 14 heteroatoms. The van der Waals surface area contributed by atoms with Crippen LogP contribution < -0.4 is 0 Å². The third-order valence-electron chi connectivity index (χ3n) is 7.34. The van der Waals surface area contributed by atoms with Crippen LogP contribution in [0.5, 0.6) is 0 Å². The number of benzene rings is 1. The first-order valence-corrected chi connectivity index (χ1v) is 13.5. The van der Waals surface area contributed by atoms with Crippen LogP contribution >= 0.6 is 11.3 Å². The zero-order valence-corrected chi connectivity index (χ0v) is 22.0. The number of hydrogen-bond acceptors (Lipinski definition) is 8. The van der Waals surface area contributed by atoms with E-state index in [0.29, 0.717) is 48.5 Å². The highest BCUT2D eigenvalue weighted by atomic mass is 32.1. The SMILES string of the molecule is Cc1cc(C(F)(F)F)nn1CC(=O)N1CCC(c2nc(C3=NOC(N4C(=O)c5ccccc5C4=O)C3)cs2)CC1. The molecule has 10 nitrogen and oxygen atoms in total. The van der Waals surface area contributed by atoms with Crippen LogP contribution in [0.25, 0.3) is 0 Å². The van der Waals surface area contributed by atoms with Crippen molar-refractivity contribution in [2.24, 2.45) is 5.16 Å². The molecule has 0 spiro atoms. The lowest BCUT2D eigenvalue weighted by molar-refractivity contribution is -0.142. The average molecular weight is 573 g/mol. The number of carbonyl (C=O) groups excluding carboxylic acids is 3. The van der Waals surface area contributed by atoms with Gasteiger partial charge >= 0.3 is 6.18 Å². The van der Waals surface area contributed by atoms with Gasteiger partial charge in [-0.15, -0.1) is 11.3 Å². The molecule has 40 heavy (non-hydrogen) atoms. The molecule has 6 rings (SSSR count). The van der Waals surface area contributed by atoms with Crippen molar-refractivity contribution in [2.45, 2.75) is 51.1 Å². The Morgan fingerprint density at radius 3 is 2.42 bits per heavy atom. The first-order chi connectivity index (χ1) is 19.1. The van der Waals surface area contributed by atoms with Crippen molar-refractivity contribution in [1.29, 1.82) is 0 Å². The van der Waals surface area contributed by atoms with E-state index in [9.17, 15) is 27.6 Å². The number of amides is 3. The lowest BCUT2D eigenvalue weighted by Crippen LogP contribution is -2.40. The molecule has 3 aliphatic rings. The lowest BCUT2D eigenvalue weighted by Gasteiger charge is -2.31. The molecule has 0 radical (unpaired) electrons. The minimum atomic E-state index is -4.56. The Hall–Kier alpha value is -4.07. The maximum absolute atomic E-state index is 12.9. The second-order valence-electron chi connectivity index (χ2n) is 9.88. The number of rotatable bonds is 5. The van der Waals surface area contributed by atoms with Gasteiger partial charge in [-0.3, -0.25) is 19.1 Å². The fraction of sp³-hybridized carbons (Fsp3) is 0.385. The molecule has 5 heterocycles. The monoisotopic (exact) mass is 572 g/mol. The number of nitrogens with zero attached hydrogens (tertiary/aromatic N) is 6. The fourth-order valence-electron chi connectivity index (χ4n) is 5.14. The molecule has 1 saturated heterocycles.